The molecule has 1 aliphatic rings. The summed E-state index contributed by atoms with van der Waals surface area (Å²) in [5.41, 5.74) is 0.923. The van der Waals surface area contributed by atoms with E-state index in [9.17, 15) is 0 Å². The molecule has 96 valence electrons. The highest BCUT2D eigenvalue weighted by molar-refractivity contribution is 5.27. The van der Waals surface area contributed by atoms with Gasteiger partial charge in [-0.1, -0.05) is 24.8 Å². The summed E-state index contributed by atoms with van der Waals surface area (Å²) in [6.07, 6.45) is 6.63. The van der Waals surface area contributed by atoms with Gasteiger partial charge in [-0.25, -0.2) is 0 Å². The van der Waals surface area contributed by atoms with E-state index in [1.807, 2.05) is 12.2 Å². The minimum atomic E-state index is -0.186. The highest BCUT2D eigenvalue weighted by Gasteiger charge is 2.36. The van der Waals surface area contributed by atoms with Crippen LogP contribution in [0.2, 0.25) is 0 Å². The number of ether oxygens (including phenoxy) is 4. The minimum absolute atomic E-state index is 0.157. The molecule has 0 aromatic carbocycles. The number of hydrogen-bond acceptors (Lipinski definition) is 4. The molecule has 0 fully saturated rings. The van der Waals surface area contributed by atoms with Gasteiger partial charge in [-0.15, -0.1) is 0 Å². The zero-order valence-corrected chi connectivity index (χ0v) is 10.6. The average molecular weight is 240 g/mol. The molecule has 1 aliphatic heterocycles. The van der Waals surface area contributed by atoms with Crippen LogP contribution in [0, 0.1) is 0 Å². The van der Waals surface area contributed by atoms with Crippen LogP contribution < -0.4 is 0 Å². The molecule has 4 nitrogen and oxygen atoms in total. The van der Waals surface area contributed by atoms with Crippen LogP contribution >= 0.6 is 0 Å². The Bertz CT molecular complexity index is 296. The molecule has 0 N–H and O–H groups in total. The van der Waals surface area contributed by atoms with Crippen molar-refractivity contribution in [1.82, 2.24) is 0 Å². The van der Waals surface area contributed by atoms with Crippen molar-refractivity contribution in [2.45, 2.75) is 18.3 Å². The normalized spacial score (nSPS) is 28.9. The highest BCUT2D eigenvalue weighted by Crippen LogP contribution is 2.24. The summed E-state index contributed by atoms with van der Waals surface area (Å²) < 4.78 is 21.6. The largest absolute Gasteiger partial charge is 0.492 e. The second-order valence-electron chi connectivity index (χ2n) is 3.70. The van der Waals surface area contributed by atoms with Gasteiger partial charge in [0.1, 0.15) is 18.3 Å². The van der Waals surface area contributed by atoms with Crippen LogP contribution in [0.4, 0.5) is 0 Å². The fourth-order valence-electron chi connectivity index (χ4n) is 1.85. The Hall–Kier alpha value is -1.10. The first-order valence-electron chi connectivity index (χ1n) is 5.47. The lowest BCUT2D eigenvalue weighted by molar-refractivity contribution is -0.117. The molecule has 0 bridgehead atoms. The number of hydrogen-bond donors (Lipinski definition) is 0. The first-order valence-corrected chi connectivity index (χ1v) is 5.47. The molecule has 4 heteroatoms. The Labute approximate surface area is 102 Å². The van der Waals surface area contributed by atoms with E-state index < -0.39 is 0 Å². The molecule has 3 atom stereocenters. The third kappa shape index (κ3) is 3.43. The van der Waals surface area contributed by atoms with Crippen LogP contribution in [0.5, 0.6) is 0 Å². The third-order valence-electron chi connectivity index (χ3n) is 2.65. The second-order valence-corrected chi connectivity index (χ2v) is 3.70. The van der Waals surface area contributed by atoms with Gasteiger partial charge < -0.3 is 18.9 Å². The highest BCUT2D eigenvalue weighted by atomic mass is 16.6. The molecule has 0 aromatic rings. The van der Waals surface area contributed by atoms with Gasteiger partial charge in [-0.3, -0.25) is 0 Å². The number of allylic oxidation sites excluding steroid dienone is 2. The van der Waals surface area contributed by atoms with Crippen LogP contribution in [0.3, 0.4) is 0 Å². The van der Waals surface area contributed by atoms with Crippen molar-refractivity contribution in [2.24, 2.45) is 0 Å². The summed E-state index contributed by atoms with van der Waals surface area (Å²) in [4.78, 5) is 0. The van der Waals surface area contributed by atoms with Crippen LogP contribution in [0.1, 0.15) is 0 Å². The van der Waals surface area contributed by atoms with Crippen LogP contribution in [-0.2, 0) is 18.9 Å². The van der Waals surface area contributed by atoms with Gasteiger partial charge in [0, 0.05) is 26.9 Å². The van der Waals surface area contributed by atoms with Gasteiger partial charge in [0.05, 0.1) is 12.9 Å². The Morgan fingerprint density at radius 1 is 1.35 bits per heavy atom. The SMILES string of the molecule is C=C/C=C/C1=CO[C@H](COC)[C@@H](OC)[C@@H]1OC. The summed E-state index contributed by atoms with van der Waals surface area (Å²) in [5.74, 6) is 0. The third-order valence-corrected chi connectivity index (χ3v) is 2.65. The Morgan fingerprint density at radius 2 is 2.12 bits per heavy atom. The second kappa shape index (κ2) is 7.27. The molecule has 0 saturated carbocycles. The van der Waals surface area contributed by atoms with Crippen molar-refractivity contribution >= 4 is 0 Å². The Kier molecular flexibility index (Phi) is 5.97. The summed E-state index contributed by atoms with van der Waals surface area (Å²) in [6, 6.07) is 0. The molecule has 17 heavy (non-hydrogen) atoms. The predicted molar refractivity (Wildman–Crippen MR) is 65.8 cm³/mol. The fourth-order valence-corrected chi connectivity index (χ4v) is 1.85. The molecule has 0 saturated heterocycles. The van der Waals surface area contributed by atoms with E-state index in [1.165, 1.54) is 0 Å². The van der Waals surface area contributed by atoms with Gasteiger partial charge in [0.2, 0.25) is 0 Å². The quantitative estimate of drug-likeness (QED) is 0.662. The fraction of sp³-hybridized carbons (Fsp3) is 0.538. The zero-order chi connectivity index (χ0) is 12.7. The lowest BCUT2D eigenvalue weighted by atomic mass is 9.98. The van der Waals surface area contributed by atoms with E-state index in [0.717, 1.165) is 5.57 Å². The molecule has 1 heterocycles. The topological polar surface area (TPSA) is 36.9 Å². The minimum Gasteiger partial charge on any atom is -0.492 e. The summed E-state index contributed by atoms with van der Waals surface area (Å²) in [6.45, 7) is 4.10. The molecular formula is C13H20O4. The first-order chi connectivity index (χ1) is 8.28. The van der Waals surface area contributed by atoms with E-state index in [-0.39, 0.29) is 18.3 Å². The maximum Gasteiger partial charge on any atom is 0.150 e. The van der Waals surface area contributed by atoms with E-state index in [0.29, 0.717) is 6.61 Å². The molecule has 0 amide bonds. The monoisotopic (exact) mass is 240 g/mol. The molecule has 0 radical (unpaired) electrons. The van der Waals surface area contributed by atoms with Crippen molar-refractivity contribution in [1.29, 1.82) is 0 Å². The van der Waals surface area contributed by atoms with Crippen molar-refractivity contribution in [3.8, 4) is 0 Å². The van der Waals surface area contributed by atoms with E-state index in [4.69, 9.17) is 18.9 Å². The Balaban J connectivity index is 2.86. The molecule has 1 rings (SSSR count). The predicted octanol–water partition coefficient (Wildman–Crippen LogP) is 1.69. The van der Waals surface area contributed by atoms with Gasteiger partial charge in [0.25, 0.3) is 0 Å². The van der Waals surface area contributed by atoms with Crippen LogP contribution in [0.15, 0.2) is 36.6 Å². The van der Waals surface area contributed by atoms with Crippen LogP contribution in [-0.4, -0.2) is 46.2 Å². The van der Waals surface area contributed by atoms with Crippen molar-refractivity contribution < 1.29 is 18.9 Å². The molecule has 0 unspecified atom stereocenters. The molecule has 0 aliphatic carbocycles. The number of methoxy groups -OCH3 is 3. The number of rotatable bonds is 6. The zero-order valence-electron chi connectivity index (χ0n) is 10.6. The molecule has 0 spiro atoms. The van der Waals surface area contributed by atoms with E-state index in [1.54, 1.807) is 33.7 Å². The Morgan fingerprint density at radius 3 is 2.65 bits per heavy atom. The standard InChI is InChI=1S/C13H20O4/c1-5-6-7-10-8-17-11(9-14-2)13(16-4)12(10)15-3/h5-8,11-13H,1,9H2,2-4H3/b7-6+/t11-,12-,13-/m1/s1. The van der Waals surface area contributed by atoms with Crippen LogP contribution in [0.25, 0.3) is 0 Å². The van der Waals surface area contributed by atoms with Crippen molar-refractivity contribution in [3.05, 3.63) is 36.6 Å². The lowest BCUT2D eigenvalue weighted by Gasteiger charge is -2.35. The van der Waals surface area contributed by atoms with Gasteiger partial charge in [-0.05, 0) is 0 Å². The smallest absolute Gasteiger partial charge is 0.150 e. The average Bonchev–Trinajstić information content (AvgIpc) is 2.36. The van der Waals surface area contributed by atoms with E-state index in [2.05, 4.69) is 6.58 Å². The maximum absolute atomic E-state index is 5.59. The molecule has 0 aromatic heterocycles. The van der Waals surface area contributed by atoms with Gasteiger partial charge in [0.15, 0.2) is 0 Å². The summed E-state index contributed by atoms with van der Waals surface area (Å²) in [5, 5.41) is 0. The van der Waals surface area contributed by atoms with Crippen molar-refractivity contribution in [3.63, 3.8) is 0 Å². The maximum atomic E-state index is 5.59. The summed E-state index contributed by atoms with van der Waals surface area (Å²) in [7, 11) is 4.93. The van der Waals surface area contributed by atoms with Crippen molar-refractivity contribution in [2.75, 3.05) is 27.9 Å². The van der Waals surface area contributed by atoms with Gasteiger partial charge >= 0.3 is 0 Å². The molecular weight excluding hydrogens is 220 g/mol. The van der Waals surface area contributed by atoms with Gasteiger partial charge in [-0.2, -0.15) is 0 Å². The summed E-state index contributed by atoms with van der Waals surface area (Å²) >= 11 is 0. The van der Waals surface area contributed by atoms with E-state index >= 15 is 0 Å². The lowest BCUT2D eigenvalue weighted by Crippen LogP contribution is -2.46. The first kappa shape index (κ1) is 14.0.